The summed E-state index contributed by atoms with van der Waals surface area (Å²) in [5.74, 6) is -0.639. The predicted molar refractivity (Wildman–Crippen MR) is 169 cm³/mol. The summed E-state index contributed by atoms with van der Waals surface area (Å²) in [5.41, 5.74) is 2.60. The highest BCUT2D eigenvalue weighted by Crippen LogP contribution is 2.42. The highest BCUT2D eigenvalue weighted by molar-refractivity contribution is 6.34. The van der Waals surface area contributed by atoms with E-state index >= 15 is 4.39 Å². The summed E-state index contributed by atoms with van der Waals surface area (Å²) >= 11 is 12.9. The highest BCUT2D eigenvalue weighted by Gasteiger charge is 2.31. The molecule has 1 aromatic heterocycles. The molecule has 1 aliphatic rings. The molecule has 5 rings (SSSR count). The molecule has 9 heteroatoms. The molecule has 214 valence electrons. The van der Waals surface area contributed by atoms with Crippen LogP contribution in [0.5, 0.6) is 0 Å². The van der Waals surface area contributed by atoms with Gasteiger partial charge in [0, 0.05) is 52.2 Å². The van der Waals surface area contributed by atoms with Crippen molar-refractivity contribution in [3.05, 3.63) is 110 Å². The van der Waals surface area contributed by atoms with Crippen molar-refractivity contribution in [3.8, 4) is 16.8 Å². The van der Waals surface area contributed by atoms with E-state index < -0.39 is 11.4 Å². The fourth-order valence-corrected chi connectivity index (χ4v) is 6.15. The molecule has 1 aliphatic heterocycles. The van der Waals surface area contributed by atoms with Gasteiger partial charge in [0.25, 0.3) is 11.2 Å². The van der Waals surface area contributed by atoms with Crippen molar-refractivity contribution in [2.45, 2.75) is 32.7 Å². The molecule has 0 spiro atoms. The minimum atomic E-state index is -0.546. The molecule has 0 N–H and O–H groups in total. The van der Waals surface area contributed by atoms with Crippen LogP contribution < -0.4 is 10.5 Å². The Kier molecular flexibility index (Phi) is 8.14. The quantitative estimate of drug-likeness (QED) is 0.172. The van der Waals surface area contributed by atoms with E-state index in [2.05, 4.69) is 11.4 Å². The number of benzene rings is 3. The van der Waals surface area contributed by atoms with Gasteiger partial charge >= 0.3 is 0 Å². The summed E-state index contributed by atoms with van der Waals surface area (Å²) in [6, 6.07) is 15.1. The predicted octanol–water partition coefficient (Wildman–Crippen LogP) is 8.00. The van der Waals surface area contributed by atoms with Gasteiger partial charge < -0.3 is 9.80 Å². The maximum Gasteiger partial charge on any atom is 0.274 e. The molecule has 6 nitrogen and oxygen atoms in total. The maximum absolute atomic E-state index is 15.2. The van der Waals surface area contributed by atoms with Crippen LogP contribution in [-0.4, -0.2) is 41.1 Å². The molecule has 1 saturated heterocycles. The number of para-hydroxylation sites is 1. The van der Waals surface area contributed by atoms with Crippen LogP contribution >= 0.6 is 23.2 Å². The number of nitrogens with zero attached hydrogens (tertiary/aromatic N) is 4. The Morgan fingerprint density at radius 1 is 1.12 bits per heavy atom. The average molecular weight is 604 g/mol. The average Bonchev–Trinajstić information content (AvgIpc) is 2.96. The van der Waals surface area contributed by atoms with Crippen LogP contribution in [0.15, 0.2) is 72.0 Å². The fraction of sp³-hybridized carbons (Fsp3) is 0.242. The topological polar surface area (TPSA) is 49.9 Å². The van der Waals surface area contributed by atoms with E-state index in [0.717, 1.165) is 5.56 Å². The number of pyridine rings is 1. The number of fused-ring (bicyclic) bond motifs is 1. The number of piperazine rings is 1. The van der Waals surface area contributed by atoms with E-state index in [0.29, 0.717) is 47.5 Å². The van der Waals surface area contributed by atoms with Gasteiger partial charge in [0.05, 0.1) is 23.5 Å². The van der Waals surface area contributed by atoms with Crippen molar-refractivity contribution < 1.29 is 9.18 Å². The third kappa shape index (κ3) is 5.06. The van der Waals surface area contributed by atoms with Gasteiger partial charge in [0.1, 0.15) is 5.82 Å². The summed E-state index contributed by atoms with van der Waals surface area (Å²) in [6.45, 7) is 18.9. The number of amides is 1. The first-order valence-electron chi connectivity index (χ1n) is 13.6. The minimum absolute atomic E-state index is 0.0436. The van der Waals surface area contributed by atoms with Gasteiger partial charge in [-0.15, -0.1) is 0 Å². The number of rotatable bonds is 5. The molecule has 1 amide bonds. The van der Waals surface area contributed by atoms with Gasteiger partial charge in [-0.3, -0.25) is 14.2 Å². The van der Waals surface area contributed by atoms with Crippen LogP contribution in [0.25, 0.3) is 32.6 Å². The van der Waals surface area contributed by atoms with E-state index in [1.165, 1.54) is 16.7 Å². The van der Waals surface area contributed by atoms with Crippen molar-refractivity contribution in [2.75, 3.05) is 24.5 Å². The number of carbonyl (C=O) groups is 1. The molecule has 1 atom stereocenters. The lowest BCUT2D eigenvalue weighted by Crippen LogP contribution is -2.53. The normalized spacial score (nSPS) is 15.2. The van der Waals surface area contributed by atoms with Crippen LogP contribution in [-0.2, 0) is 4.79 Å². The second kappa shape index (κ2) is 11.6. The number of carbonyl (C=O) groups excluding carboxylic acids is 1. The van der Waals surface area contributed by atoms with E-state index in [1.54, 1.807) is 29.2 Å². The third-order valence-corrected chi connectivity index (χ3v) is 8.29. The summed E-state index contributed by atoms with van der Waals surface area (Å²) in [7, 11) is 0. The SMILES string of the molecule is [C-]#[N+]c1c(N2CCN(C(=O)C=C)C[C@@H]2C)c2cc(Cl)c(-c3ccc(Cl)cc3F)cc2n(-c2ccccc2C(C)C)c1=O. The molecular formula is C33H29Cl2FN4O2. The van der Waals surface area contributed by atoms with Crippen LogP contribution in [0.3, 0.4) is 0 Å². The van der Waals surface area contributed by atoms with Crippen molar-refractivity contribution in [3.63, 3.8) is 0 Å². The molecule has 3 aromatic carbocycles. The second-order valence-electron chi connectivity index (χ2n) is 10.7. The minimum Gasteiger partial charge on any atom is -0.373 e. The number of aromatic nitrogens is 1. The molecule has 0 bridgehead atoms. The van der Waals surface area contributed by atoms with E-state index in [-0.39, 0.29) is 39.2 Å². The van der Waals surface area contributed by atoms with Gasteiger partial charge in [-0.05, 0) is 60.9 Å². The first-order chi connectivity index (χ1) is 20.1. The molecule has 0 radical (unpaired) electrons. The van der Waals surface area contributed by atoms with Crippen LogP contribution in [0, 0.1) is 12.4 Å². The van der Waals surface area contributed by atoms with E-state index in [1.807, 2.05) is 49.9 Å². The van der Waals surface area contributed by atoms with Crippen LogP contribution in [0.1, 0.15) is 32.3 Å². The standard InChI is InChI=1S/C33H29Cl2FN4O2/c1-6-30(41)38-13-14-39(20(4)18-38)32-25-16-26(35)24(23-12-11-21(34)15-27(23)36)17-29(25)40(33(42)31(32)37-5)28-10-8-7-9-22(28)19(2)3/h6-12,15-17,19-20H,1,13-14,18H2,2-4H3/t20-/m0/s1. The van der Waals surface area contributed by atoms with Gasteiger partial charge in [-0.1, -0.05) is 61.8 Å². The molecule has 0 saturated carbocycles. The van der Waals surface area contributed by atoms with Gasteiger partial charge in [-0.2, -0.15) is 0 Å². The lowest BCUT2D eigenvalue weighted by atomic mass is 9.98. The highest BCUT2D eigenvalue weighted by atomic mass is 35.5. The summed E-state index contributed by atoms with van der Waals surface area (Å²) in [5, 5.41) is 1.09. The zero-order valence-corrected chi connectivity index (χ0v) is 25.0. The Hall–Kier alpha value is -4.12. The van der Waals surface area contributed by atoms with E-state index in [4.69, 9.17) is 29.8 Å². The van der Waals surface area contributed by atoms with Gasteiger partial charge in [0.2, 0.25) is 5.91 Å². The molecule has 42 heavy (non-hydrogen) atoms. The first-order valence-corrected chi connectivity index (χ1v) is 14.3. The molecule has 2 heterocycles. The number of hydrogen-bond donors (Lipinski definition) is 0. The number of halogens is 3. The second-order valence-corrected chi connectivity index (χ2v) is 11.5. The summed E-state index contributed by atoms with van der Waals surface area (Å²) < 4.78 is 16.7. The number of anilines is 1. The summed E-state index contributed by atoms with van der Waals surface area (Å²) in [4.78, 5) is 34.1. The molecular weight excluding hydrogens is 574 g/mol. The Balaban J connectivity index is 1.87. The Bertz CT molecular complexity index is 1840. The monoisotopic (exact) mass is 602 g/mol. The number of hydrogen-bond acceptors (Lipinski definition) is 3. The smallest absolute Gasteiger partial charge is 0.274 e. The third-order valence-electron chi connectivity index (χ3n) is 7.75. The fourth-order valence-electron chi connectivity index (χ4n) is 5.72. The first kappa shape index (κ1) is 29.4. The van der Waals surface area contributed by atoms with Crippen molar-refractivity contribution >= 4 is 51.4 Å². The van der Waals surface area contributed by atoms with Crippen LogP contribution in [0.2, 0.25) is 10.0 Å². The molecule has 1 fully saturated rings. The zero-order valence-electron chi connectivity index (χ0n) is 23.5. The Morgan fingerprint density at radius 2 is 1.86 bits per heavy atom. The summed E-state index contributed by atoms with van der Waals surface area (Å²) in [6.07, 6.45) is 1.28. The Labute approximate surface area is 254 Å². The Morgan fingerprint density at radius 3 is 2.50 bits per heavy atom. The largest absolute Gasteiger partial charge is 0.373 e. The zero-order chi connectivity index (χ0) is 30.3. The van der Waals surface area contributed by atoms with Crippen molar-refractivity contribution in [1.29, 1.82) is 0 Å². The van der Waals surface area contributed by atoms with E-state index in [9.17, 15) is 9.59 Å². The van der Waals surface area contributed by atoms with Crippen molar-refractivity contribution in [2.24, 2.45) is 0 Å². The van der Waals surface area contributed by atoms with Gasteiger partial charge in [-0.25, -0.2) is 9.24 Å². The molecule has 4 aromatic rings. The lowest BCUT2D eigenvalue weighted by Gasteiger charge is -2.42. The maximum atomic E-state index is 15.2. The molecule has 0 unspecified atom stereocenters. The molecule has 0 aliphatic carbocycles. The van der Waals surface area contributed by atoms with Crippen LogP contribution in [0.4, 0.5) is 15.8 Å². The van der Waals surface area contributed by atoms with Crippen molar-refractivity contribution in [1.82, 2.24) is 9.47 Å². The van der Waals surface area contributed by atoms with Gasteiger partial charge in [0.15, 0.2) is 0 Å². The lowest BCUT2D eigenvalue weighted by molar-refractivity contribution is -0.126.